The molecule has 122 valence electrons. The number of carbonyl (C=O) groups is 3. The molecule has 0 rings (SSSR count). The van der Waals surface area contributed by atoms with Gasteiger partial charge < -0.3 is 21.1 Å². The minimum absolute atomic E-state index is 0.112. The average molecular weight is 301 g/mol. The third-order valence-corrected chi connectivity index (χ3v) is 2.21. The summed E-state index contributed by atoms with van der Waals surface area (Å²) in [6, 6.07) is -1.04. The van der Waals surface area contributed by atoms with Crippen molar-refractivity contribution in [3.63, 3.8) is 0 Å². The lowest BCUT2D eigenvalue weighted by molar-refractivity contribution is -0.127. The molecule has 0 saturated carbocycles. The van der Waals surface area contributed by atoms with Crippen molar-refractivity contribution in [1.82, 2.24) is 10.6 Å². The van der Waals surface area contributed by atoms with Gasteiger partial charge in [-0.05, 0) is 26.2 Å². The number of alkyl carbamates (subject to hydrolysis) is 1. The topological polar surface area (TPSA) is 111 Å². The lowest BCUT2D eigenvalue weighted by Crippen LogP contribution is -2.51. The van der Waals surface area contributed by atoms with Crippen LogP contribution in [-0.4, -0.2) is 36.1 Å². The Hall–Kier alpha value is -1.79. The molecule has 0 fully saturated rings. The number of rotatable bonds is 5. The number of ether oxygens (including phenoxy) is 1. The zero-order valence-corrected chi connectivity index (χ0v) is 13.7. The lowest BCUT2D eigenvalue weighted by atomic mass is 9.97. The first kappa shape index (κ1) is 19.2. The van der Waals surface area contributed by atoms with Crippen molar-refractivity contribution in [1.29, 1.82) is 0 Å². The molecule has 0 radical (unpaired) electrons. The summed E-state index contributed by atoms with van der Waals surface area (Å²) in [5.41, 5.74) is 4.30. The third-order valence-electron chi connectivity index (χ3n) is 2.21. The summed E-state index contributed by atoms with van der Waals surface area (Å²) in [6.45, 7) is 11.4. The van der Waals surface area contributed by atoms with Crippen LogP contribution in [0.15, 0.2) is 0 Å². The van der Waals surface area contributed by atoms with Crippen LogP contribution < -0.4 is 16.4 Å². The number of carbonyl (C=O) groups excluding carboxylic acids is 3. The summed E-state index contributed by atoms with van der Waals surface area (Å²) >= 11 is 0. The Bertz CT molecular complexity index is 394. The lowest BCUT2D eigenvalue weighted by Gasteiger charge is -2.24. The first-order valence-electron chi connectivity index (χ1n) is 6.86. The summed E-state index contributed by atoms with van der Waals surface area (Å²) in [5.74, 6) is -1.14. The number of hydrogen-bond acceptors (Lipinski definition) is 4. The van der Waals surface area contributed by atoms with E-state index in [0.717, 1.165) is 0 Å². The molecule has 0 unspecified atom stereocenters. The molecule has 21 heavy (non-hydrogen) atoms. The van der Waals surface area contributed by atoms with Gasteiger partial charge in [0, 0.05) is 6.54 Å². The number of nitrogens with two attached hydrogens (primary N) is 1. The Balaban J connectivity index is 4.68. The Morgan fingerprint density at radius 3 is 2.00 bits per heavy atom. The smallest absolute Gasteiger partial charge is 0.408 e. The Labute approximate surface area is 126 Å². The number of nitrogens with one attached hydrogen (secondary N) is 2. The average Bonchev–Trinajstić information content (AvgIpc) is 2.20. The van der Waals surface area contributed by atoms with Gasteiger partial charge in [-0.1, -0.05) is 20.8 Å². The van der Waals surface area contributed by atoms with Crippen molar-refractivity contribution in [2.24, 2.45) is 11.1 Å². The highest BCUT2D eigenvalue weighted by Crippen LogP contribution is 2.11. The summed E-state index contributed by atoms with van der Waals surface area (Å²) in [7, 11) is 0. The highest BCUT2D eigenvalue weighted by Gasteiger charge is 2.26. The van der Waals surface area contributed by atoms with E-state index in [1.54, 1.807) is 20.8 Å². The van der Waals surface area contributed by atoms with Crippen LogP contribution in [0.1, 0.15) is 48.0 Å². The summed E-state index contributed by atoms with van der Waals surface area (Å²) in [5, 5.41) is 5.05. The van der Waals surface area contributed by atoms with Gasteiger partial charge in [0.25, 0.3) is 0 Å². The summed E-state index contributed by atoms with van der Waals surface area (Å²) in [6.07, 6.45) is -1.05. The molecule has 0 aliphatic carbocycles. The minimum Gasteiger partial charge on any atom is -0.444 e. The second kappa shape index (κ2) is 7.28. The molecule has 4 N–H and O–H groups in total. The van der Waals surface area contributed by atoms with E-state index >= 15 is 0 Å². The van der Waals surface area contributed by atoms with Gasteiger partial charge in [-0.15, -0.1) is 0 Å². The van der Waals surface area contributed by atoms with Crippen molar-refractivity contribution in [2.45, 2.75) is 59.6 Å². The van der Waals surface area contributed by atoms with Crippen molar-refractivity contribution >= 4 is 17.9 Å². The molecule has 1 atom stereocenters. The zero-order chi connectivity index (χ0) is 16.8. The summed E-state index contributed by atoms with van der Waals surface area (Å²) < 4.78 is 5.06. The summed E-state index contributed by atoms with van der Waals surface area (Å²) in [4.78, 5) is 34.8. The standard InChI is InChI=1S/C14H27N3O4/c1-13(2,3)8-16-11(19)9(7-10(15)18)17-12(20)21-14(4,5)6/h9H,7-8H2,1-6H3,(H2,15,18)(H,16,19)(H,17,20)/t9-/m0/s1. The number of hydrogen-bond donors (Lipinski definition) is 3. The second-order valence-corrected chi connectivity index (χ2v) is 7.15. The van der Waals surface area contributed by atoms with Crippen LogP contribution in [0, 0.1) is 5.41 Å². The highest BCUT2D eigenvalue weighted by atomic mass is 16.6. The maximum Gasteiger partial charge on any atom is 0.408 e. The van der Waals surface area contributed by atoms with Crippen LogP contribution in [0.2, 0.25) is 0 Å². The van der Waals surface area contributed by atoms with E-state index in [4.69, 9.17) is 10.5 Å². The molecular weight excluding hydrogens is 274 g/mol. The minimum atomic E-state index is -1.04. The number of primary amides is 1. The van der Waals surface area contributed by atoms with Gasteiger partial charge in [0.1, 0.15) is 11.6 Å². The van der Waals surface area contributed by atoms with E-state index in [0.29, 0.717) is 6.54 Å². The van der Waals surface area contributed by atoms with E-state index < -0.39 is 29.6 Å². The largest absolute Gasteiger partial charge is 0.444 e. The molecular formula is C14H27N3O4. The van der Waals surface area contributed by atoms with Gasteiger partial charge in [0.15, 0.2) is 0 Å². The molecule has 7 heteroatoms. The van der Waals surface area contributed by atoms with Gasteiger partial charge in [-0.3, -0.25) is 9.59 Å². The van der Waals surface area contributed by atoms with Crippen LogP contribution in [0.4, 0.5) is 4.79 Å². The predicted molar refractivity (Wildman–Crippen MR) is 79.4 cm³/mol. The van der Waals surface area contributed by atoms with Gasteiger partial charge >= 0.3 is 6.09 Å². The number of amides is 3. The molecule has 0 saturated heterocycles. The molecule has 0 aromatic rings. The maximum absolute atomic E-state index is 12.0. The molecule has 0 aromatic carbocycles. The second-order valence-electron chi connectivity index (χ2n) is 7.15. The monoisotopic (exact) mass is 301 g/mol. The molecule has 0 aliphatic rings. The predicted octanol–water partition coefficient (Wildman–Crippen LogP) is 0.917. The first-order chi connectivity index (χ1) is 9.30. The SMILES string of the molecule is CC(C)(C)CNC(=O)[C@H](CC(N)=O)NC(=O)OC(C)(C)C. The van der Waals surface area contributed by atoms with Gasteiger partial charge in [-0.2, -0.15) is 0 Å². The fourth-order valence-corrected chi connectivity index (χ4v) is 1.34. The molecule has 3 amide bonds. The van der Waals surface area contributed by atoms with E-state index in [2.05, 4.69) is 10.6 Å². The fraction of sp³-hybridized carbons (Fsp3) is 0.786. The first-order valence-corrected chi connectivity index (χ1v) is 6.86. The molecule has 0 aromatic heterocycles. The molecule has 0 heterocycles. The van der Waals surface area contributed by atoms with E-state index in [-0.39, 0.29) is 11.8 Å². The van der Waals surface area contributed by atoms with E-state index in [1.165, 1.54) is 0 Å². The van der Waals surface area contributed by atoms with Crippen molar-refractivity contribution < 1.29 is 19.1 Å². The van der Waals surface area contributed by atoms with E-state index in [1.807, 2.05) is 20.8 Å². The van der Waals surface area contributed by atoms with Crippen LogP contribution in [0.5, 0.6) is 0 Å². The van der Waals surface area contributed by atoms with Gasteiger partial charge in [0.2, 0.25) is 11.8 Å². The van der Waals surface area contributed by atoms with Gasteiger partial charge in [-0.25, -0.2) is 4.79 Å². The maximum atomic E-state index is 12.0. The Morgan fingerprint density at radius 1 is 1.10 bits per heavy atom. The van der Waals surface area contributed by atoms with E-state index in [9.17, 15) is 14.4 Å². The molecule has 0 spiro atoms. The Morgan fingerprint density at radius 2 is 1.62 bits per heavy atom. The quantitative estimate of drug-likeness (QED) is 0.701. The van der Waals surface area contributed by atoms with Crippen molar-refractivity contribution in [3.8, 4) is 0 Å². The molecule has 0 aliphatic heterocycles. The van der Waals surface area contributed by atoms with Crippen LogP contribution >= 0.6 is 0 Å². The highest BCUT2D eigenvalue weighted by molar-refractivity contribution is 5.90. The van der Waals surface area contributed by atoms with Crippen LogP contribution in [0.25, 0.3) is 0 Å². The fourth-order valence-electron chi connectivity index (χ4n) is 1.34. The van der Waals surface area contributed by atoms with Crippen molar-refractivity contribution in [3.05, 3.63) is 0 Å². The van der Waals surface area contributed by atoms with Gasteiger partial charge in [0.05, 0.1) is 6.42 Å². The Kier molecular flexibility index (Phi) is 6.66. The van der Waals surface area contributed by atoms with Crippen LogP contribution in [-0.2, 0) is 14.3 Å². The van der Waals surface area contributed by atoms with Crippen LogP contribution in [0.3, 0.4) is 0 Å². The molecule has 0 bridgehead atoms. The zero-order valence-electron chi connectivity index (χ0n) is 13.7. The van der Waals surface area contributed by atoms with Crippen molar-refractivity contribution in [2.75, 3.05) is 6.54 Å². The molecule has 7 nitrogen and oxygen atoms in total. The third kappa shape index (κ3) is 10.6. The normalized spacial score (nSPS) is 13.2.